The number of fused-ring (bicyclic) bond motifs is 1. The van der Waals surface area contributed by atoms with Gasteiger partial charge in [-0.15, -0.1) is 0 Å². The molecule has 0 spiro atoms. The molecule has 3 rings (SSSR count). The van der Waals surface area contributed by atoms with Crippen LogP contribution in [0.1, 0.15) is 37.0 Å². The third kappa shape index (κ3) is 2.26. The first-order valence-corrected chi connectivity index (χ1v) is 6.51. The highest BCUT2D eigenvalue weighted by Crippen LogP contribution is 2.19. The van der Waals surface area contributed by atoms with Crippen LogP contribution < -0.4 is 0 Å². The molecular weight excluding hydrogens is 238 g/mol. The molecule has 0 saturated heterocycles. The van der Waals surface area contributed by atoms with Crippen molar-refractivity contribution in [3.8, 4) is 0 Å². The maximum absolute atomic E-state index is 5.23. The molecule has 0 radical (unpaired) electrons. The third-order valence-corrected chi connectivity index (χ3v) is 3.22. The van der Waals surface area contributed by atoms with E-state index in [1.807, 2.05) is 13.8 Å². The normalized spacial score (nSPS) is 11.6. The molecule has 2 aromatic heterocycles. The molecule has 0 fully saturated rings. The molecule has 3 aromatic rings. The lowest BCUT2D eigenvalue weighted by Gasteiger charge is -2.02. The molecule has 0 atom stereocenters. The summed E-state index contributed by atoms with van der Waals surface area (Å²) in [6.07, 6.45) is 2.06. The van der Waals surface area contributed by atoms with E-state index in [9.17, 15) is 0 Å². The second kappa shape index (κ2) is 4.53. The standard InChI is InChI=1S/C15H17N3O/c1-10(2)15-16-14(17-19-15)9-18-7-6-12-8-11(3)4-5-13(12)18/h4-8,10H,9H2,1-3H3. The van der Waals surface area contributed by atoms with Crippen LogP contribution in [0, 0.1) is 6.92 Å². The van der Waals surface area contributed by atoms with Gasteiger partial charge in [0.1, 0.15) is 0 Å². The van der Waals surface area contributed by atoms with Gasteiger partial charge in [0, 0.05) is 17.6 Å². The van der Waals surface area contributed by atoms with E-state index < -0.39 is 0 Å². The van der Waals surface area contributed by atoms with Gasteiger partial charge in [0.2, 0.25) is 5.89 Å². The smallest absolute Gasteiger partial charge is 0.229 e. The van der Waals surface area contributed by atoms with E-state index in [1.54, 1.807) is 0 Å². The van der Waals surface area contributed by atoms with Crippen LogP contribution in [0.5, 0.6) is 0 Å². The summed E-state index contributed by atoms with van der Waals surface area (Å²) in [4.78, 5) is 4.41. The molecule has 19 heavy (non-hydrogen) atoms. The van der Waals surface area contributed by atoms with E-state index in [-0.39, 0.29) is 5.92 Å². The number of hydrogen-bond acceptors (Lipinski definition) is 3. The van der Waals surface area contributed by atoms with Gasteiger partial charge in [0.25, 0.3) is 0 Å². The van der Waals surface area contributed by atoms with Gasteiger partial charge >= 0.3 is 0 Å². The fraction of sp³-hybridized carbons (Fsp3) is 0.333. The lowest BCUT2D eigenvalue weighted by Crippen LogP contribution is -2.00. The van der Waals surface area contributed by atoms with Crippen molar-refractivity contribution >= 4 is 10.9 Å². The predicted molar refractivity (Wildman–Crippen MR) is 74.2 cm³/mol. The van der Waals surface area contributed by atoms with Gasteiger partial charge in [-0.05, 0) is 30.5 Å². The van der Waals surface area contributed by atoms with E-state index in [4.69, 9.17) is 4.52 Å². The fourth-order valence-electron chi connectivity index (χ4n) is 2.18. The van der Waals surface area contributed by atoms with Gasteiger partial charge in [0.05, 0.1) is 6.54 Å². The highest BCUT2D eigenvalue weighted by atomic mass is 16.5. The molecule has 0 aliphatic carbocycles. The zero-order chi connectivity index (χ0) is 13.4. The number of nitrogens with zero attached hydrogens (tertiary/aromatic N) is 3. The highest BCUT2D eigenvalue weighted by molar-refractivity contribution is 5.80. The Hall–Kier alpha value is -2.10. The second-order valence-electron chi connectivity index (χ2n) is 5.21. The quantitative estimate of drug-likeness (QED) is 0.719. The molecule has 0 unspecified atom stereocenters. The molecule has 0 aliphatic heterocycles. The molecular formula is C15H17N3O. The van der Waals surface area contributed by atoms with Crippen LogP contribution in [0.2, 0.25) is 0 Å². The summed E-state index contributed by atoms with van der Waals surface area (Å²) in [7, 11) is 0. The van der Waals surface area contributed by atoms with E-state index >= 15 is 0 Å². The summed E-state index contributed by atoms with van der Waals surface area (Å²) in [5.41, 5.74) is 2.47. The maximum atomic E-state index is 5.23. The van der Waals surface area contributed by atoms with Crippen LogP contribution in [0.25, 0.3) is 10.9 Å². The zero-order valence-corrected chi connectivity index (χ0v) is 11.4. The van der Waals surface area contributed by atoms with Crippen molar-refractivity contribution < 1.29 is 4.52 Å². The van der Waals surface area contributed by atoms with Crippen molar-refractivity contribution in [3.05, 3.63) is 47.7 Å². The van der Waals surface area contributed by atoms with Gasteiger partial charge in [-0.3, -0.25) is 0 Å². The Morgan fingerprint density at radius 3 is 2.84 bits per heavy atom. The average Bonchev–Trinajstić information content (AvgIpc) is 2.97. The first-order valence-electron chi connectivity index (χ1n) is 6.51. The largest absolute Gasteiger partial charge is 0.340 e. The number of rotatable bonds is 3. The van der Waals surface area contributed by atoms with Crippen LogP contribution >= 0.6 is 0 Å². The summed E-state index contributed by atoms with van der Waals surface area (Å²) in [6, 6.07) is 8.55. The van der Waals surface area contributed by atoms with Crippen LogP contribution in [0.15, 0.2) is 35.0 Å². The SMILES string of the molecule is Cc1ccc2c(ccn2Cc2noc(C(C)C)n2)c1. The van der Waals surface area contributed by atoms with Gasteiger partial charge in [-0.25, -0.2) is 0 Å². The Kier molecular flexibility index (Phi) is 2.85. The Morgan fingerprint density at radius 2 is 2.11 bits per heavy atom. The Labute approximate surface area is 112 Å². The monoisotopic (exact) mass is 255 g/mol. The van der Waals surface area contributed by atoms with Gasteiger partial charge in [0.15, 0.2) is 5.82 Å². The van der Waals surface area contributed by atoms with E-state index in [1.165, 1.54) is 16.5 Å². The zero-order valence-electron chi connectivity index (χ0n) is 11.4. The molecule has 0 N–H and O–H groups in total. The molecule has 2 heterocycles. The average molecular weight is 255 g/mol. The molecule has 98 valence electrons. The van der Waals surface area contributed by atoms with Crippen LogP contribution in [0.4, 0.5) is 0 Å². The van der Waals surface area contributed by atoms with Crippen molar-refractivity contribution in [1.29, 1.82) is 0 Å². The summed E-state index contributed by atoms with van der Waals surface area (Å²) in [5.74, 6) is 1.69. The first-order chi connectivity index (χ1) is 9.13. The number of aryl methyl sites for hydroxylation is 1. The Bertz CT molecular complexity index is 709. The molecule has 0 bridgehead atoms. The van der Waals surface area contributed by atoms with Crippen molar-refractivity contribution in [2.75, 3.05) is 0 Å². The topological polar surface area (TPSA) is 43.9 Å². The van der Waals surface area contributed by atoms with Crippen molar-refractivity contribution in [1.82, 2.24) is 14.7 Å². The first kappa shape index (κ1) is 12.0. The third-order valence-electron chi connectivity index (χ3n) is 3.22. The van der Waals surface area contributed by atoms with Crippen molar-refractivity contribution in [2.24, 2.45) is 0 Å². The van der Waals surface area contributed by atoms with Crippen LogP contribution in [0.3, 0.4) is 0 Å². The van der Waals surface area contributed by atoms with Gasteiger partial charge in [-0.1, -0.05) is 30.6 Å². The molecule has 0 amide bonds. The summed E-state index contributed by atoms with van der Waals surface area (Å²) < 4.78 is 7.37. The molecule has 0 saturated carbocycles. The number of benzene rings is 1. The Balaban J connectivity index is 1.92. The fourth-order valence-corrected chi connectivity index (χ4v) is 2.18. The summed E-state index contributed by atoms with van der Waals surface area (Å²) in [6.45, 7) is 6.84. The number of hydrogen-bond donors (Lipinski definition) is 0. The molecule has 4 nitrogen and oxygen atoms in total. The lowest BCUT2D eigenvalue weighted by atomic mass is 10.2. The summed E-state index contributed by atoms with van der Waals surface area (Å²) in [5, 5.41) is 5.27. The van der Waals surface area contributed by atoms with Crippen LogP contribution in [-0.2, 0) is 6.54 Å². The summed E-state index contributed by atoms with van der Waals surface area (Å²) >= 11 is 0. The second-order valence-corrected chi connectivity index (χ2v) is 5.21. The van der Waals surface area contributed by atoms with Gasteiger partial charge in [-0.2, -0.15) is 4.98 Å². The minimum atomic E-state index is 0.269. The highest BCUT2D eigenvalue weighted by Gasteiger charge is 2.11. The number of aromatic nitrogens is 3. The van der Waals surface area contributed by atoms with Crippen molar-refractivity contribution in [3.63, 3.8) is 0 Å². The molecule has 4 heteroatoms. The van der Waals surface area contributed by atoms with E-state index in [0.717, 1.165) is 5.82 Å². The minimum absolute atomic E-state index is 0.269. The van der Waals surface area contributed by atoms with Crippen LogP contribution in [-0.4, -0.2) is 14.7 Å². The van der Waals surface area contributed by atoms with E-state index in [0.29, 0.717) is 12.4 Å². The van der Waals surface area contributed by atoms with Gasteiger partial charge < -0.3 is 9.09 Å². The maximum Gasteiger partial charge on any atom is 0.229 e. The Morgan fingerprint density at radius 1 is 1.26 bits per heavy atom. The molecule has 1 aromatic carbocycles. The molecule has 0 aliphatic rings. The predicted octanol–water partition coefficient (Wildman–Crippen LogP) is 3.50. The van der Waals surface area contributed by atoms with Crippen molar-refractivity contribution in [2.45, 2.75) is 33.2 Å². The lowest BCUT2D eigenvalue weighted by molar-refractivity contribution is 0.360. The minimum Gasteiger partial charge on any atom is -0.340 e. The van der Waals surface area contributed by atoms with E-state index in [2.05, 4.69) is 52.1 Å².